The van der Waals surface area contributed by atoms with Crippen molar-refractivity contribution in [3.05, 3.63) is 52.8 Å². The standard InChI is InChI=1S/C19H20BrN5O/c1-26-18-5-2-14(11-21-18)13-24-6-8-25(9-7-24)19-22-12-15-10-16(20)3-4-17(15)23-19/h2-5,10-12H,6-9,13H2,1H3. The highest BCUT2D eigenvalue weighted by atomic mass is 79.9. The average molecular weight is 414 g/mol. The maximum atomic E-state index is 5.11. The van der Waals surface area contributed by atoms with Gasteiger partial charge in [0.15, 0.2) is 0 Å². The fourth-order valence-electron chi connectivity index (χ4n) is 3.14. The third-order valence-corrected chi connectivity index (χ3v) is 5.09. The normalized spacial score (nSPS) is 15.4. The molecule has 1 saturated heterocycles. The molecule has 3 aromatic rings. The second-order valence-corrected chi connectivity index (χ2v) is 7.26. The fraction of sp³-hybridized carbons (Fsp3) is 0.316. The van der Waals surface area contributed by atoms with Crippen molar-refractivity contribution >= 4 is 32.8 Å². The summed E-state index contributed by atoms with van der Waals surface area (Å²) in [5.74, 6) is 1.46. The zero-order valence-corrected chi connectivity index (χ0v) is 16.2. The first kappa shape index (κ1) is 17.2. The Morgan fingerprint density at radius 3 is 2.62 bits per heavy atom. The first-order chi connectivity index (χ1) is 12.7. The molecule has 0 unspecified atom stereocenters. The smallest absolute Gasteiger partial charge is 0.225 e. The van der Waals surface area contributed by atoms with Crippen molar-refractivity contribution in [2.75, 3.05) is 38.2 Å². The van der Waals surface area contributed by atoms with Crippen LogP contribution in [0.1, 0.15) is 5.56 Å². The van der Waals surface area contributed by atoms with E-state index >= 15 is 0 Å². The van der Waals surface area contributed by atoms with Crippen LogP contribution in [0.5, 0.6) is 5.88 Å². The van der Waals surface area contributed by atoms with E-state index < -0.39 is 0 Å². The highest BCUT2D eigenvalue weighted by Gasteiger charge is 2.19. The minimum atomic E-state index is 0.652. The Morgan fingerprint density at radius 2 is 1.88 bits per heavy atom. The summed E-state index contributed by atoms with van der Waals surface area (Å²) in [6.07, 6.45) is 3.79. The van der Waals surface area contributed by atoms with E-state index in [0.29, 0.717) is 5.88 Å². The number of hydrogen-bond donors (Lipinski definition) is 0. The average Bonchev–Trinajstić information content (AvgIpc) is 2.69. The van der Waals surface area contributed by atoms with Crippen LogP contribution in [0.25, 0.3) is 10.9 Å². The van der Waals surface area contributed by atoms with Crippen LogP contribution in [-0.2, 0) is 6.54 Å². The predicted octanol–water partition coefficient (Wildman–Crippen LogP) is 3.12. The number of piperazine rings is 1. The molecule has 7 heteroatoms. The molecule has 2 aromatic heterocycles. The number of hydrogen-bond acceptors (Lipinski definition) is 6. The van der Waals surface area contributed by atoms with E-state index in [1.54, 1.807) is 7.11 Å². The Bertz CT molecular complexity index is 894. The molecule has 134 valence electrons. The lowest BCUT2D eigenvalue weighted by molar-refractivity contribution is 0.248. The number of nitrogens with zero attached hydrogens (tertiary/aromatic N) is 5. The number of methoxy groups -OCH3 is 1. The van der Waals surface area contributed by atoms with Crippen LogP contribution in [-0.4, -0.2) is 53.1 Å². The summed E-state index contributed by atoms with van der Waals surface area (Å²) in [7, 11) is 1.63. The molecule has 0 aliphatic carbocycles. The molecule has 0 atom stereocenters. The van der Waals surface area contributed by atoms with Gasteiger partial charge >= 0.3 is 0 Å². The van der Waals surface area contributed by atoms with E-state index in [1.807, 2.05) is 36.7 Å². The molecule has 0 saturated carbocycles. The van der Waals surface area contributed by atoms with Gasteiger partial charge in [-0.1, -0.05) is 22.0 Å². The summed E-state index contributed by atoms with van der Waals surface area (Å²) in [5.41, 5.74) is 2.18. The van der Waals surface area contributed by atoms with Crippen molar-refractivity contribution in [2.24, 2.45) is 0 Å². The second kappa shape index (κ2) is 7.55. The Hall–Kier alpha value is -2.25. The van der Waals surface area contributed by atoms with Gasteiger partial charge in [-0.2, -0.15) is 0 Å². The maximum absolute atomic E-state index is 5.11. The molecule has 0 amide bonds. The molecule has 0 N–H and O–H groups in total. The van der Waals surface area contributed by atoms with E-state index in [2.05, 4.69) is 41.8 Å². The highest BCUT2D eigenvalue weighted by Crippen LogP contribution is 2.21. The van der Waals surface area contributed by atoms with Crippen LogP contribution in [0, 0.1) is 0 Å². The molecule has 1 aliphatic heterocycles. The molecule has 0 bridgehead atoms. The third kappa shape index (κ3) is 3.78. The number of halogens is 1. The molecular weight excluding hydrogens is 394 g/mol. The van der Waals surface area contributed by atoms with Crippen LogP contribution in [0.4, 0.5) is 5.95 Å². The van der Waals surface area contributed by atoms with Gasteiger partial charge in [-0.05, 0) is 23.8 Å². The number of benzene rings is 1. The fourth-order valence-corrected chi connectivity index (χ4v) is 3.52. The number of ether oxygens (including phenoxy) is 1. The van der Waals surface area contributed by atoms with E-state index in [9.17, 15) is 0 Å². The second-order valence-electron chi connectivity index (χ2n) is 6.35. The molecule has 4 rings (SSSR count). The molecule has 3 heterocycles. The van der Waals surface area contributed by atoms with Crippen molar-refractivity contribution < 1.29 is 4.74 Å². The monoisotopic (exact) mass is 413 g/mol. The summed E-state index contributed by atoms with van der Waals surface area (Å²) in [4.78, 5) is 18.2. The summed E-state index contributed by atoms with van der Waals surface area (Å²) in [6, 6.07) is 10.1. The molecule has 6 nitrogen and oxygen atoms in total. The molecule has 1 fully saturated rings. The minimum Gasteiger partial charge on any atom is -0.481 e. The highest BCUT2D eigenvalue weighted by molar-refractivity contribution is 9.10. The molecule has 1 aliphatic rings. The topological polar surface area (TPSA) is 54.4 Å². The van der Waals surface area contributed by atoms with Crippen LogP contribution in [0.3, 0.4) is 0 Å². The van der Waals surface area contributed by atoms with Gasteiger partial charge in [0.05, 0.1) is 12.6 Å². The SMILES string of the molecule is COc1ccc(CN2CCN(c3ncc4cc(Br)ccc4n3)CC2)cn1. The molecule has 26 heavy (non-hydrogen) atoms. The van der Waals surface area contributed by atoms with Gasteiger partial charge in [0.25, 0.3) is 0 Å². The van der Waals surface area contributed by atoms with Crippen molar-refractivity contribution in [1.82, 2.24) is 19.9 Å². The number of aromatic nitrogens is 3. The quantitative estimate of drug-likeness (QED) is 0.654. The Kier molecular flexibility index (Phi) is 4.99. The Balaban J connectivity index is 1.39. The molecular formula is C19H20BrN5O. The number of fused-ring (bicyclic) bond motifs is 1. The number of pyridine rings is 1. The third-order valence-electron chi connectivity index (χ3n) is 4.60. The molecule has 1 aromatic carbocycles. The van der Waals surface area contributed by atoms with E-state index in [1.165, 1.54) is 5.56 Å². The zero-order chi connectivity index (χ0) is 17.9. The predicted molar refractivity (Wildman–Crippen MR) is 106 cm³/mol. The van der Waals surface area contributed by atoms with Crippen LogP contribution in [0.15, 0.2) is 47.2 Å². The van der Waals surface area contributed by atoms with E-state index in [4.69, 9.17) is 9.72 Å². The van der Waals surface area contributed by atoms with Crippen molar-refractivity contribution in [1.29, 1.82) is 0 Å². The van der Waals surface area contributed by atoms with Gasteiger partial charge in [-0.15, -0.1) is 0 Å². The molecule has 0 spiro atoms. The van der Waals surface area contributed by atoms with Gasteiger partial charge in [-0.3, -0.25) is 4.90 Å². The van der Waals surface area contributed by atoms with Gasteiger partial charge in [0.2, 0.25) is 11.8 Å². The van der Waals surface area contributed by atoms with Crippen LogP contribution < -0.4 is 9.64 Å². The van der Waals surface area contributed by atoms with Gasteiger partial charge in [-0.25, -0.2) is 15.0 Å². The van der Waals surface area contributed by atoms with Crippen molar-refractivity contribution in [3.63, 3.8) is 0 Å². The van der Waals surface area contributed by atoms with Crippen LogP contribution in [0.2, 0.25) is 0 Å². The Labute approximate surface area is 161 Å². The van der Waals surface area contributed by atoms with E-state index in [-0.39, 0.29) is 0 Å². The summed E-state index contributed by atoms with van der Waals surface area (Å²) < 4.78 is 6.16. The van der Waals surface area contributed by atoms with Crippen LogP contribution >= 0.6 is 15.9 Å². The van der Waals surface area contributed by atoms with Gasteiger partial charge in [0, 0.05) is 61.0 Å². The van der Waals surface area contributed by atoms with Gasteiger partial charge in [0.1, 0.15) is 0 Å². The lowest BCUT2D eigenvalue weighted by Crippen LogP contribution is -2.46. The van der Waals surface area contributed by atoms with Gasteiger partial charge < -0.3 is 9.64 Å². The maximum Gasteiger partial charge on any atom is 0.225 e. The first-order valence-corrected chi connectivity index (χ1v) is 9.39. The lowest BCUT2D eigenvalue weighted by Gasteiger charge is -2.34. The summed E-state index contributed by atoms with van der Waals surface area (Å²) in [6.45, 7) is 4.70. The first-order valence-electron chi connectivity index (χ1n) is 8.60. The minimum absolute atomic E-state index is 0.652. The number of rotatable bonds is 4. The summed E-state index contributed by atoms with van der Waals surface area (Å²) >= 11 is 3.49. The van der Waals surface area contributed by atoms with E-state index in [0.717, 1.165) is 54.0 Å². The largest absolute Gasteiger partial charge is 0.481 e. The van der Waals surface area contributed by atoms with Crippen molar-refractivity contribution in [3.8, 4) is 5.88 Å². The lowest BCUT2D eigenvalue weighted by atomic mass is 10.2. The zero-order valence-electron chi connectivity index (χ0n) is 14.6. The number of anilines is 1. The summed E-state index contributed by atoms with van der Waals surface area (Å²) in [5, 5.41) is 1.05. The molecule has 0 radical (unpaired) electrons. The Morgan fingerprint density at radius 1 is 1.04 bits per heavy atom. The van der Waals surface area contributed by atoms with Crippen molar-refractivity contribution in [2.45, 2.75) is 6.54 Å².